The van der Waals surface area contributed by atoms with E-state index in [4.69, 9.17) is 10.5 Å². The van der Waals surface area contributed by atoms with Gasteiger partial charge in [0.15, 0.2) is 11.6 Å². The molecule has 0 aliphatic heterocycles. The summed E-state index contributed by atoms with van der Waals surface area (Å²) >= 11 is 0. The van der Waals surface area contributed by atoms with Gasteiger partial charge in [0.05, 0.1) is 6.10 Å². The quantitative estimate of drug-likeness (QED) is 0.862. The first kappa shape index (κ1) is 13.1. The standard InChI is InChI=1S/C14H18N4O/c1-3-10(2)19-12-6-4-5-11(9-12)18-14-13(15)16-7-8-17-14/h4-10H,3H2,1-2H3,(H2,15,16)(H,17,18). The van der Waals surface area contributed by atoms with Crippen molar-refractivity contribution in [1.29, 1.82) is 0 Å². The lowest BCUT2D eigenvalue weighted by atomic mass is 10.2. The zero-order valence-electron chi connectivity index (χ0n) is 11.1. The Morgan fingerprint density at radius 2 is 2.11 bits per heavy atom. The SMILES string of the molecule is CCC(C)Oc1cccc(Nc2nccnc2N)c1. The molecule has 5 nitrogen and oxygen atoms in total. The van der Waals surface area contributed by atoms with Crippen molar-refractivity contribution < 1.29 is 4.74 Å². The average molecular weight is 258 g/mol. The minimum Gasteiger partial charge on any atom is -0.491 e. The van der Waals surface area contributed by atoms with Crippen LogP contribution in [-0.2, 0) is 0 Å². The molecule has 0 spiro atoms. The van der Waals surface area contributed by atoms with Gasteiger partial charge in [-0.25, -0.2) is 9.97 Å². The van der Waals surface area contributed by atoms with Gasteiger partial charge in [-0.2, -0.15) is 0 Å². The number of rotatable bonds is 5. The van der Waals surface area contributed by atoms with Gasteiger partial charge in [-0.05, 0) is 25.5 Å². The summed E-state index contributed by atoms with van der Waals surface area (Å²) in [5.41, 5.74) is 6.61. The van der Waals surface area contributed by atoms with Crippen LogP contribution in [0.1, 0.15) is 20.3 Å². The number of nitrogens with zero attached hydrogens (tertiary/aromatic N) is 2. The fourth-order valence-electron chi connectivity index (χ4n) is 1.54. The Labute approximate surface area is 112 Å². The Morgan fingerprint density at radius 1 is 1.32 bits per heavy atom. The Kier molecular flexibility index (Phi) is 4.18. The second-order valence-electron chi connectivity index (χ2n) is 4.28. The van der Waals surface area contributed by atoms with Crippen LogP contribution in [-0.4, -0.2) is 16.1 Å². The highest BCUT2D eigenvalue weighted by atomic mass is 16.5. The molecule has 0 amide bonds. The number of ether oxygens (including phenoxy) is 1. The van der Waals surface area contributed by atoms with E-state index in [1.807, 2.05) is 31.2 Å². The van der Waals surface area contributed by atoms with Crippen molar-refractivity contribution in [3.63, 3.8) is 0 Å². The van der Waals surface area contributed by atoms with E-state index in [1.165, 1.54) is 0 Å². The summed E-state index contributed by atoms with van der Waals surface area (Å²) in [6.45, 7) is 4.13. The maximum Gasteiger partial charge on any atom is 0.173 e. The summed E-state index contributed by atoms with van der Waals surface area (Å²) in [4.78, 5) is 8.12. The number of nitrogen functional groups attached to an aromatic ring is 1. The predicted octanol–water partition coefficient (Wildman–Crippen LogP) is 2.98. The van der Waals surface area contributed by atoms with Crippen molar-refractivity contribution in [2.75, 3.05) is 11.1 Å². The van der Waals surface area contributed by atoms with Gasteiger partial charge in [0.2, 0.25) is 0 Å². The molecule has 1 aromatic carbocycles. The minimum atomic E-state index is 0.192. The monoisotopic (exact) mass is 258 g/mol. The smallest absolute Gasteiger partial charge is 0.173 e. The van der Waals surface area contributed by atoms with Gasteiger partial charge in [0, 0.05) is 24.1 Å². The van der Waals surface area contributed by atoms with Crippen molar-refractivity contribution >= 4 is 17.3 Å². The van der Waals surface area contributed by atoms with E-state index in [9.17, 15) is 0 Å². The Balaban J connectivity index is 2.13. The van der Waals surface area contributed by atoms with Crippen LogP contribution in [0.3, 0.4) is 0 Å². The summed E-state index contributed by atoms with van der Waals surface area (Å²) in [7, 11) is 0. The number of hydrogen-bond donors (Lipinski definition) is 2. The normalized spacial score (nSPS) is 11.9. The molecule has 100 valence electrons. The summed E-state index contributed by atoms with van der Waals surface area (Å²) in [5, 5.41) is 3.13. The van der Waals surface area contributed by atoms with E-state index >= 15 is 0 Å². The maximum atomic E-state index is 5.76. The largest absolute Gasteiger partial charge is 0.491 e. The third-order valence-corrected chi connectivity index (χ3v) is 2.74. The summed E-state index contributed by atoms with van der Waals surface area (Å²) < 4.78 is 5.76. The van der Waals surface area contributed by atoms with Crippen molar-refractivity contribution in [2.24, 2.45) is 0 Å². The lowest BCUT2D eigenvalue weighted by Gasteiger charge is -2.14. The molecule has 3 N–H and O–H groups in total. The number of anilines is 3. The summed E-state index contributed by atoms with van der Waals surface area (Å²) in [5.74, 6) is 1.74. The van der Waals surface area contributed by atoms with Crippen LogP contribution < -0.4 is 15.8 Å². The van der Waals surface area contributed by atoms with Crippen LogP contribution in [0, 0.1) is 0 Å². The Morgan fingerprint density at radius 3 is 2.84 bits per heavy atom. The lowest BCUT2D eigenvalue weighted by Crippen LogP contribution is -2.09. The van der Waals surface area contributed by atoms with Crippen molar-refractivity contribution in [3.8, 4) is 5.75 Å². The number of hydrogen-bond acceptors (Lipinski definition) is 5. The van der Waals surface area contributed by atoms with E-state index in [-0.39, 0.29) is 6.10 Å². The summed E-state index contributed by atoms with van der Waals surface area (Å²) in [6.07, 6.45) is 4.31. The highest BCUT2D eigenvalue weighted by Gasteiger charge is 2.04. The molecular formula is C14H18N4O. The third kappa shape index (κ3) is 3.58. The highest BCUT2D eigenvalue weighted by Crippen LogP contribution is 2.23. The highest BCUT2D eigenvalue weighted by molar-refractivity contribution is 5.66. The second-order valence-corrected chi connectivity index (χ2v) is 4.28. The number of benzene rings is 1. The van der Waals surface area contributed by atoms with E-state index in [0.717, 1.165) is 17.9 Å². The molecule has 1 aromatic heterocycles. The zero-order chi connectivity index (χ0) is 13.7. The van der Waals surface area contributed by atoms with Crippen molar-refractivity contribution in [2.45, 2.75) is 26.4 Å². The number of aromatic nitrogens is 2. The van der Waals surface area contributed by atoms with Gasteiger partial charge in [-0.3, -0.25) is 0 Å². The molecule has 0 radical (unpaired) electrons. The molecule has 0 saturated carbocycles. The van der Waals surface area contributed by atoms with Gasteiger partial charge < -0.3 is 15.8 Å². The molecule has 19 heavy (non-hydrogen) atoms. The minimum absolute atomic E-state index is 0.192. The fraction of sp³-hybridized carbons (Fsp3) is 0.286. The molecule has 0 fully saturated rings. The summed E-state index contributed by atoms with van der Waals surface area (Å²) in [6, 6.07) is 7.70. The van der Waals surface area contributed by atoms with Crippen LogP contribution in [0.2, 0.25) is 0 Å². The topological polar surface area (TPSA) is 73.1 Å². The first-order valence-electron chi connectivity index (χ1n) is 6.29. The molecule has 5 heteroatoms. The van der Waals surface area contributed by atoms with Crippen LogP contribution in [0.4, 0.5) is 17.3 Å². The van der Waals surface area contributed by atoms with Crippen LogP contribution >= 0.6 is 0 Å². The molecule has 0 saturated heterocycles. The molecule has 2 rings (SSSR count). The van der Waals surface area contributed by atoms with E-state index in [0.29, 0.717) is 11.6 Å². The van der Waals surface area contributed by atoms with Crippen LogP contribution in [0.15, 0.2) is 36.7 Å². The molecule has 1 unspecified atom stereocenters. The molecule has 0 aliphatic carbocycles. The first-order valence-corrected chi connectivity index (χ1v) is 6.29. The van der Waals surface area contributed by atoms with Gasteiger partial charge >= 0.3 is 0 Å². The molecular weight excluding hydrogens is 240 g/mol. The van der Waals surface area contributed by atoms with Gasteiger partial charge in [0.25, 0.3) is 0 Å². The van der Waals surface area contributed by atoms with E-state index < -0.39 is 0 Å². The van der Waals surface area contributed by atoms with Crippen LogP contribution in [0.25, 0.3) is 0 Å². The molecule has 0 bridgehead atoms. The molecule has 0 aliphatic rings. The zero-order valence-corrected chi connectivity index (χ0v) is 11.1. The van der Waals surface area contributed by atoms with Crippen molar-refractivity contribution in [1.82, 2.24) is 9.97 Å². The maximum absolute atomic E-state index is 5.76. The van der Waals surface area contributed by atoms with E-state index in [2.05, 4.69) is 22.2 Å². The fourth-order valence-corrected chi connectivity index (χ4v) is 1.54. The van der Waals surface area contributed by atoms with Gasteiger partial charge in [0.1, 0.15) is 5.75 Å². The number of nitrogens with two attached hydrogens (primary N) is 1. The van der Waals surface area contributed by atoms with Crippen molar-refractivity contribution in [3.05, 3.63) is 36.7 Å². The Bertz CT molecular complexity index is 544. The predicted molar refractivity (Wildman–Crippen MR) is 76.6 cm³/mol. The molecule has 1 heterocycles. The first-order chi connectivity index (χ1) is 9.19. The van der Waals surface area contributed by atoms with Crippen LogP contribution in [0.5, 0.6) is 5.75 Å². The Hall–Kier alpha value is -2.30. The van der Waals surface area contributed by atoms with Gasteiger partial charge in [-0.1, -0.05) is 13.0 Å². The van der Waals surface area contributed by atoms with Gasteiger partial charge in [-0.15, -0.1) is 0 Å². The lowest BCUT2D eigenvalue weighted by molar-refractivity contribution is 0.217. The average Bonchev–Trinajstić information content (AvgIpc) is 2.42. The third-order valence-electron chi connectivity index (χ3n) is 2.74. The molecule has 2 aromatic rings. The number of nitrogens with one attached hydrogen (secondary N) is 1. The second kappa shape index (κ2) is 6.04. The molecule has 1 atom stereocenters. The van der Waals surface area contributed by atoms with E-state index in [1.54, 1.807) is 12.4 Å².